The molecule has 1 unspecified atom stereocenters. The van der Waals surface area contributed by atoms with Crippen molar-refractivity contribution in [2.75, 3.05) is 0 Å². The maximum Gasteiger partial charge on any atom is 0.204 e. The molecule has 98 valence electrons. The Morgan fingerprint density at radius 3 is 2.58 bits per heavy atom. The number of hydrogen-bond donors (Lipinski definition) is 1. The molecule has 0 fully saturated rings. The molecule has 1 aliphatic rings. The van der Waals surface area contributed by atoms with Crippen molar-refractivity contribution in [1.29, 1.82) is 0 Å². The summed E-state index contributed by atoms with van der Waals surface area (Å²) in [5, 5.41) is 5.95. The molecule has 1 aliphatic heterocycles. The predicted molar refractivity (Wildman–Crippen MR) is 86.9 cm³/mol. The van der Waals surface area contributed by atoms with E-state index in [0.717, 1.165) is 21.4 Å². The van der Waals surface area contributed by atoms with Crippen LogP contribution in [0.25, 0.3) is 10.8 Å². The van der Waals surface area contributed by atoms with Gasteiger partial charge in [-0.2, -0.15) is 0 Å². The van der Waals surface area contributed by atoms with Crippen LogP contribution in [0, 0.1) is 0 Å². The van der Waals surface area contributed by atoms with Crippen LogP contribution in [0.15, 0.2) is 51.9 Å². The summed E-state index contributed by atoms with van der Waals surface area (Å²) in [5.74, 6) is 1.04. The lowest BCUT2D eigenvalue weighted by Crippen LogP contribution is -2.34. The largest absolute Gasteiger partial charge is 0.466 e. The molecule has 0 radical (unpaired) electrons. The van der Waals surface area contributed by atoms with Gasteiger partial charge in [0.25, 0.3) is 0 Å². The Morgan fingerprint density at radius 2 is 1.89 bits per heavy atom. The van der Waals surface area contributed by atoms with E-state index in [2.05, 4.69) is 84.2 Å². The van der Waals surface area contributed by atoms with E-state index in [9.17, 15) is 0 Å². The molecule has 0 amide bonds. The van der Waals surface area contributed by atoms with E-state index in [4.69, 9.17) is 4.74 Å². The van der Waals surface area contributed by atoms with Crippen molar-refractivity contribution < 1.29 is 4.74 Å². The van der Waals surface area contributed by atoms with Gasteiger partial charge in [0.2, 0.25) is 5.72 Å². The molecule has 0 aliphatic carbocycles. The van der Waals surface area contributed by atoms with Crippen molar-refractivity contribution in [2.45, 2.75) is 26.0 Å². The lowest BCUT2D eigenvalue weighted by atomic mass is 10.0. The number of ether oxygens (including phenoxy) is 1. The minimum absolute atomic E-state index is 0.452. The molecule has 1 atom stereocenters. The van der Waals surface area contributed by atoms with Crippen LogP contribution in [0.2, 0.25) is 0 Å². The van der Waals surface area contributed by atoms with Gasteiger partial charge in [-0.1, -0.05) is 43.3 Å². The molecule has 1 N–H and O–H groups in total. The van der Waals surface area contributed by atoms with Gasteiger partial charge < -0.3 is 10.1 Å². The van der Waals surface area contributed by atoms with E-state index in [0.29, 0.717) is 0 Å². The van der Waals surface area contributed by atoms with Crippen molar-refractivity contribution >= 4 is 33.4 Å². The molecule has 0 spiro atoms. The van der Waals surface area contributed by atoms with E-state index >= 15 is 0 Å². The smallest absolute Gasteiger partial charge is 0.204 e. The fraction of sp³-hybridized carbons (Fsp3) is 0.250. The molecule has 0 saturated carbocycles. The minimum Gasteiger partial charge on any atom is -0.466 e. The normalized spacial score (nSPS) is 22.5. The first-order valence-corrected chi connectivity index (χ1v) is 7.55. The highest BCUT2D eigenvalue weighted by Crippen LogP contribution is 2.37. The standard InChI is InChI=1S/C16H16INO/c1-3-14-15(17)18-16(2,19-14)13-9-8-11-6-4-5-7-12(11)10-13/h4-10,18H,3H2,1-2H3. The first-order valence-electron chi connectivity index (χ1n) is 6.47. The van der Waals surface area contributed by atoms with E-state index in [1.54, 1.807) is 0 Å². The molecule has 0 aromatic heterocycles. The second-order valence-corrected chi connectivity index (χ2v) is 5.99. The lowest BCUT2D eigenvalue weighted by Gasteiger charge is -2.26. The summed E-state index contributed by atoms with van der Waals surface area (Å²) in [5.41, 5.74) is 0.704. The summed E-state index contributed by atoms with van der Waals surface area (Å²) in [6, 6.07) is 14.9. The van der Waals surface area contributed by atoms with Gasteiger partial charge in [0.1, 0.15) is 9.46 Å². The van der Waals surface area contributed by atoms with Gasteiger partial charge in [0.15, 0.2) is 0 Å². The molecule has 3 heteroatoms. The Hall–Kier alpha value is -1.23. The summed E-state index contributed by atoms with van der Waals surface area (Å²) in [7, 11) is 0. The van der Waals surface area contributed by atoms with Crippen LogP contribution in [0.5, 0.6) is 0 Å². The Morgan fingerprint density at radius 1 is 1.16 bits per heavy atom. The third-order valence-corrected chi connectivity index (χ3v) is 4.41. The van der Waals surface area contributed by atoms with Crippen LogP contribution >= 0.6 is 22.6 Å². The molecule has 2 aromatic carbocycles. The number of rotatable bonds is 2. The van der Waals surface area contributed by atoms with E-state index in [1.807, 2.05) is 0 Å². The molecular formula is C16H16INO. The molecule has 1 heterocycles. The van der Waals surface area contributed by atoms with Gasteiger partial charge >= 0.3 is 0 Å². The van der Waals surface area contributed by atoms with Crippen LogP contribution in [-0.2, 0) is 10.5 Å². The van der Waals surface area contributed by atoms with Gasteiger partial charge in [0, 0.05) is 12.0 Å². The molecular weight excluding hydrogens is 349 g/mol. The average Bonchev–Trinajstić information content (AvgIpc) is 2.74. The fourth-order valence-electron chi connectivity index (χ4n) is 2.44. The fourth-order valence-corrected chi connectivity index (χ4v) is 3.45. The lowest BCUT2D eigenvalue weighted by molar-refractivity contribution is 0.0185. The van der Waals surface area contributed by atoms with Gasteiger partial charge in [-0.25, -0.2) is 0 Å². The van der Waals surface area contributed by atoms with Gasteiger partial charge in [-0.15, -0.1) is 0 Å². The summed E-state index contributed by atoms with van der Waals surface area (Å²) >= 11 is 2.31. The number of halogens is 1. The molecule has 2 aromatic rings. The predicted octanol–water partition coefficient (Wildman–Crippen LogP) is 4.65. The average molecular weight is 365 g/mol. The second-order valence-electron chi connectivity index (χ2n) is 4.91. The SMILES string of the molecule is CCC1=C(I)NC(C)(c2ccc3ccccc3c2)O1. The highest BCUT2D eigenvalue weighted by atomic mass is 127. The Balaban J connectivity index is 2.01. The first kappa shape index (κ1) is 12.8. The van der Waals surface area contributed by atoms with Gasteiger partial charge in [0.05, 0.1) is 0 Å². The third-order valence-electron chi connectivity index (χ3n) is 3.54. The van der Waals surface area contributed by atoms with Crippen LogP contribution < -0.4 is 5.32 Å². The van der Waals surface area contributed by atoms with E-state index in [-0.39, 0.29) is 0 Å². The van der Waals surface area contributed by atoms with E-state index < -0.39 is 5.72 Å². The third kappa shape index (κ3) is 2.20. The summed E-state index contributed by atoms with van der Waals surface area (Å²) in [6.45, 7) is 4.19. The molecule has 0 saturated heterocycles. The van der Waals surface area contributed by atoms with Gasteiger partial charge in [-0.05, 0) is 46.4 Å². The van der Waals surface area contributed by atoms with Gasteiger partial charge in [-0.3, -0.25) is 0 Å². The van der Waals surface area contributed by atoms with Crippen molar-refractivity contribution in [1.82, 2.24) is 5.32 Å². The number of hydrogen-bond acceptors (Lipinski definition) is 2. The zero-order valence-electron chi connectivity index (χ0n) is 11.0. The Labute approximate surface area is 127 Å². The Kier molecular flexibility index (Phi) is 3.17. The van der Waals surface area contributed by atoms with Crippen molar-refractivity contribution in [3.63, 3.8) is 0 Å². The Bertz CT molecular complexity index is 665. The minimum atomic E-state index is -0.452. The quantitative estimate of drug-likeness (QED) is 0.618. The van der Waals surface area contributed by atoms with Crippen LogP contribution in [-0.4, -0.2) is 0 Å². The molecule has 0 bridgehead atoms. The number of nitrogens with one attached hydrogen (secondary N) is 1. The second kappa shape index (κ2) is 4.71. The summed E-state index contributed by atoms with van der Waals surface area (Å²) < 4.78 is 7.21. The maximum atomic E-state index is 6.11. The van der Waals surface area contributed by atoms with Crippen molar-refractivity contribution in [3.8, 4) is 0 Å². The zero-order valence-corrected chi connectivity index (χ0v) is 13.2. The van der Waals surface area contributed by atoms with E-state index in [1.165, 1.54) is 10.8 Å². The summed E-state index contributed by atoms with van der Waals surface area (Å²) in [4.78, 5) is 0. The maximum absolute atomic E-state index is 6.11. The first-order chi connectivity index (χ1) is 9.12. The van der Waals surface area contributed by atoms with Crippen molar-refractivity contribution in [2.24, 2.45) is 0 Å². The highest BCUT2D eigenvalue weighted by molar-refractivity contribution is 14.1. The molecule has 2 nitrogen and oxygen atoms in total. The number of allylic oxidation sites excluding steroid dienone is 1. The topological polar surface area (TPSA) is 21.3 Å². The monoisotopic (exact) mass is 365 g/mol. The zero-order chi connectivity index (χ0) is 13.5. The van der Waals surface area contributed by atoms with Crippen molar-refractivity contribution in [3.05, 3.63) is 57.5 Å². The number of benzene rings is 2. The molecule has 3 rings (SSSR count). The number of fused-ring (bicyclic) bond motifs is 1. The van der Waals surface area contributed by atoms with Crippen LogP contribution in [0.4, 0.5) is 0 Å². The van der Waals surface area contributed by atoms with Crippen LogP contribution in [0.3, 0.4) is 0 Å². The molecule has 19 heavy (non-hydrogen) atoms. The summed E-state index contributed by atoms with van der Waals surface area (Å²) in [6.07, 6.45) is 0.911. The highest BCUT2D eigenvalue weighted by Gasteiger charge is 2.36. The van der Waals surface area contributed by atoms with Crippen LogP contribution in [0.1, 0.15) is 25.8 Å².